The predicted octanol–water partition coefficient (Wildman–Crippen LogP) is 1.92. The molecule has 0 bridgehead atoms. The molecule has 2 aromatic rings. The molecule has 1 aliphatic rings. The Balaban J connectivity index is 1.60. The van der Waals surface area contributed by atoms with Crippen LogP contribution in [0.1, 0.15) is 6.42 Å². The molecule has 0 aliphatic carbocycles. The van der Waals surface area contributed by atoms with Crippen molar-refractivity contribution < 1.29 is 24.6 Å². The lowest BCUT2D eigenvalue weighted by Gasteiger charge is -2.24. The lowest BCUT2D eigenvalue weighted by Crippen LogP contribution is -2.45. The van der Waals surface area contributed by atoms with E-state index in [0.29, 0.717) is 22.1 Å². The van der Waals surface area contributed by atoms with Gasteiger partial charge in [-0.3, -0.25) is 9.59 Å². The molecule has 1 fully saturated rings. The van der Waals surface area contributed by atoms with Crippen LogP contribution in [0.2, 0.25) is 5.02 Å². The van der Waals surface area contributed by atoms with Crippen molar-refractivity contribution in [1.29, 1.82) is 0 Å². The first-order chi connectivity index (χ1) is 14.9. The zero-order chi connectivity index (χ0) is 22.4. The number of ketones is 1. The third kappa shape index (κ3) is 6.17. The summed E-state index contributed by atoms with van der Waals surface area (Å²) in [6, 6.07) is 11.9. The highest BCUT2D eigenvalue weighted by atomic mass is 35.5. The number of carbonyl (C=O) groups excluding carboxylic acids is 3. The summed E-state index contributed by atoms with van der Waals surface area (Å²) in [5.74, 6) is -0.756. The molecule has 1 aliphatic heterocycles. The Morgan fingerprint density at radius 2 is 1.55 bits per heavy atom. The number of nitrogens with one attached hydrogen (secondary N) is 3. The summed E-state index contributed by atoms with van der Waals surface area (Å²) in [6.07, 6.45) is -0.676. The van der Waals surface area contributed by atoms with Gasteiger partial charge in [0.1, 0.15) is 12.6 Å². The highest BCUT2D eigenvalue weighted by Crippen LogP contribution is 2.22. The van der Waals surface area contributed by atoms with Crippen LogP contribution < -0.4 is 16.0 Å². The quantitative estimate of drug-likeness (QED) is 0.441. The Hall–Kier alpha value is -3.14. The Morgan fingerprint density at radius 3 is 2.19 bits per heavy atom. The second-order valence-corrected chi connectivity index (χ2v) is 7.55. The van der Waals surface area contributed by atoms with Gasteiger partial charge < -0.3 is 31.1 Å². The summed E-state index contributed by atoms with van der Waals surface area (Å²) in [5.41, 5.74) is 1.68. The molecule has 9 nitrogen and oxygen atoms in total. The van der Waals surface area contributed by atoms with Crippen molar-refractivity contribution in [2.45, 2.75) is 18.6 Å². The van der Waals surface area contributed by atoms with Crippen molar-refractivity contribution in [2.75, 3.05) is 35.6 Å². The van der Waals surface area contributed by atoms with Gasteiger partial charge in [0.2, 0.25) is 5.91 Å². The summed E-state index contributed by atoms with van der Waals surface area (Å²) in [7, 11) is 0. The van der Waals surface area contributed by atoms with Crippen LogP contribution in [0, 0.1) is 0 Å². The number of aliphatic hydroxyl groups excluding tert-OH is 2. The Kier molecular flexibility index (Phi) is 7.45. The summed E-state index contributed by atoms with van der Waals surface area (Å²) in [5, 5.41) is 27.6. The molecule has 10 heteroatoms. The smallest absolute Gasteiger partial charge is 0.322 e. The monoisotopic (exact) mass is 446 g/mol. The first-order valence-electron chi connectivity index (χ1n) is 9.64. The van der Waals surface area contributed by atoms with E-state index in [2.05, 4.69) is 16.0 Å². The number of halogens is 1. The second kappa shape index (κ2) is 10.3. The van der Waals surface area contributed by atoms with Gasteiger partial charge in [0, 0.05) is 35.1 Å². The number of aliphatic hydroxyl groups is 2. The van der Waals surface area contributed by atoms with E-state index in [9.17, 15) is 19.5 Å². The lowest BCUT2D eigenvalue weighted by molar-refractivity contribution is -0.120. The van der Waals surface area contributed by atoms with Crippen LogP contribution in [-0.2, 0) is 9.59 Å². The van der Waals surface area contributed by atoms with E-state index < -0.39 is 30.7 Å². The van der Waals surface area contributed by atoms with Gasteiger partial charge in [-0.15, -0.1) is 0 Å². The minimum Gasteiger partial charge on any atom is -0.391 e. The number of hydrogen-bond donors (Lipinski definition) is 5. The van der Waals surface area contributed by atoms with Crippen LogP contribution in [-0.4, -0.2) is 64.7 Å². The number of rotatable bonds is 7. The average molecular weight is 447 g/mol. The van der Waals surface area contributed by atoms with Crippen LogP contribution in [0.25, 0.3) is 0 Å². The summed E-state index contributed by atoms with van der Waals surface area (Å²) >= 11 is 5.85. The fourth-order valence-corrected chi connectivity index (χ4v) is 3.29. The largest absolute Gasteiger partial charge is 0.391 e. The number of hydrogen-bond acceptors (Lipinski definition) is 6. The number of benzene rings is 2. The zero-order valence-electron chi connectivity index (χ0n) is 16.5. The molecule has 0 radical (unpaired) electrons. The van der Waals surface area contributed by atoms with Gasteiger partial charge >= 0.3 is 6.03 Å². The van der Waals surface area contributed by atoms with Crippen molar-refractivity contribution >= 4 is 46.4 Å². The van der Waals surface area contributed by atoms with Crippen LogP contribution in [0.5, 0.6) is 0 Å². The number of β-amino-alcohol motifs (C(OH)–C–C–N with tert-alkyl or cyclic N) is 1. The molecule has 0 spiro atoms. The molecule has 31 heavy (non-hydrogen) atoms. The molecule has 3 rings (SSSR count). The molecule has 0 unspecified atom stereocenters. The molecule has 0 saturated carbocycles. The molecular formula is C21H23ClN4O5. The van der Waals surface area contributed by atoms with Gasteiger partial charge in [-0.2, -0.15) is 0 Å². The van der Waals surface area contributed by atoms with E-state index in [1.54, 1.807) is 48.5 Å². The van der Waals surface area contributed by atoms with Gasteiger partial charge in [0.15, 0.2) is 5.78 Å². The third-order valence-corrected chi connectivity index (χ3v) is 5.01. The highest BCUT2D eigenvalue weighted by Gasteiger charge is 2.39. The van der Waals surface area contributed by atoms with E-state index in [1.807, 2.05) is 0 Å². The molecule has 2 atom stereocenters. The minimum absolute atomic E-state index is 0.000139. The first kappa shape index (κ1) is 22.5. The second-order valence-electron chi connectivity index (χ2n) is 7.11. The zero-order valence-corrected chi connectivity index (χ0v) is 17.3. The Bertz CT molecular complexity index is 936. The summed E-state index contributed by atoms with van der Waals surface area (Å²) in [6.45, 7) is -0.490. The minimum atomic E-state index is -0.831. The van der Waals surface area contributed by atoms with Crippen LogP contribution in [0.4, 0.5) is 21.9 Å². The molecule has 1 heterocycles. The molecule has 5 N–H and O–H groups in total. The summed E-state index contributed by atoms with van der Waals surface area (Å²) in [4.78, 5) is 37.9. The Morgan fingerprint density at radius 1 is 0.968 bits per heavy atom. The number of likely N-dealkylation sites (tertiary alicyclic amines) is 1. The molecule has 0 aromatic heterocycles. The maximum absolute atomic E-state index is 12.8. The maximum atomic E-state index is 12.8. The fourth-order valence-electron chi connectivity index (χ4n) is 3.17. The van der Waals surface area contributed by atoms with Crippen LogP contribution in [0.3, 0.4) is 0 Å². The predicted molar refractivity (Wildman–Crippen MR) is 117 cm³/mol. The molecule has 1 saturated heterocycles. The standard InChI is InChI=1S/C21H23ClN4O5/c22-13-1-3-16(4-2-13)25-21(31)26-11-17(28)9-19(26)20(30)24-15-7-5-14(6-8-15)23-10-18(29)12-27/h1-8,17,19,23,27-28H,9-12H2,(H,24,30)(H,25,31)/t17-,19-/m1/s1. The van der Waals surface area contributed by atoms with Gasteiger partial charge in [-0.05, 0) is 48.5 Å². The van der Waals surface area contributed by atoms with Gasteiger partial charge in [0.25, 0.3) is 0 Å². The van der Waals surface area contributed by atoms with Crippen molar-refractivity contribution in [2.24, 2.45) is 0 Å². The number of Topliss-reactive ketones (excluding diaryl/α,β-unsaturated/α-hetero) is 1. The van der Waals surface area contributed by atoms with E-state index in [4.69, 9.17) is 16.7 Å². The number of carbonyl (C=O) groups is 3. The fraction of sp³-hybridized carbons (Fsp3) is 0.286. The normalized spacial score (nSPS) is 17.8. The number of amides is 3. The van der Waals surface area contributed by atoms with Crippen molar-refractivity contribution in [3.8, 4) is 0 Å². The number of urea groups is 1. The van der Waals surface area contributed by atoms with Gasteiger partial charge in [0.05, 0.1) is 12.6 Å². The average Bonchev–Trinajstić information content (AvgIpc) is 3.16. The van der Waals surface area contributed by atoms with Gasteiger partial charge in [-0.1, -0.05) is 11.6 Å². The van der Waals surface area contributed by atoms with Crippen molar-refractivity contribution in [3.63, 3.8) is 0 Å². The third-order valence-electron chi connectivity index (χ3n) is 4.76. The lowest BCUT2D eigenvalue weighted by atomic mass is 10.1. The number of nitrogens with zero attached hydrogens (tertiary/aromatic N) is 1. The van der Waals surface area contributed by atoms with Crippen molar-refractivity contribution in [1.82, 2.24) is 4.90 Å². The molecule has 3 amide bonds. The van der Waals surface area contributed by atoms with Crippen molar-refractivity contribution in [3.05, 3.63) is 53.6 Å². The van der Waals surface area contributed by atoms with E-state index in [0.717, 1.165) is 0 Å². The number of anilines is 3. The Labute approximate surface area is 184 Å². The van der Waals surface area contributed by atoms with E-state index in [1.165, 1.54) is 4.90 Å². The van der Waals surface area contributed by atoms with Crippen LogP contribution >= 0.6 is 11.6 Å². The molecule has 164 valence electrons. The highest BCUT2D eigenvalue weighted by molar-refractivity contribution is 6.30. The molecule has 2 aromatic carbocycles. The van der Waals surface area contributed by atoms with Crippen LogP contribution in [0.15, 0.2) is 48.5 Å². The summed E-state index contributed by atoms with van der Waals surface area (Å²) < 4.78 is 0. The maximum Gasteiger partial charge on any atom is 0.322 e. The van der Waals surface area contributed by atoms with E-state index in [-0.39, 0.29) is 25.3 Å². The first-order valence-corrected chi connectivity index (χ1v) is 10.0. The van der Waals surface area contributed by atoms with E-state index >= 15 is 0 Å². The molecular weight excluding hydrogens is 424 g/mol. The SMILES string of the molecule is O=C(CO)CNc1ccc(NC(=O)[C@H]2C[C@@H](O)CN2C(=O)Nc2ccc(Cl)cc2)cc1. The van der Waals surface area contributed by atoms with Gasteiger partial charge in [-0.25, -0.2) is 4.79 Å². The topological polar surface area (TPSA) is 131 Å².